The molecule has 0 spiro atoms. The molecule has 2 aliphatic rings. The minimum atomic E-state index is -4.56. The number of fused-ring (bicyclic) bond motifs is 2. The Bertz CT molecular complexity index is 845. The fourth-order valence-corrected chi connectivity index (χ4v) is 4.18. The Hall–Kier alpha value is -3.04. The van der Waals surface area contributed by atoms with Crippen molar-refractivity contribution < 1.29 is 32.3 Å². The average Bonchev–Trinajstić information content (AvgIpc) is 3.00. The highest BCUT2D eigenvalue weighted by Gasteiger charge is 2.44. The Balaban J connectivity index is 1.48. The molecule has 2 heterocycles. The quantitative estimate of drug-likeness (QED) is 0.668. The number of nitrogens with zero attached hydrogens (tertiary/aromatic N) is 1. The molecule has 3 rings (SSSR count). The van der Waals surface area contributed by atoms with Gasteiger partial charge in [0.2, 0.25) is 5.91 Å². The number of amides is 3. The molecule has 2 saturated heterocycles. The van der Waals surface area contributed by atoms with Gasteiger partial charge in [0.25, 0.3) is 5.91 Å². The minimum Gasteiger partial charge on any atom is -0.445 e. The summed E-state index contributed by atoms with van der Waals surface area (Å²) in [4.78, 5) is 38.3. The van der Waals surface area contributed by atoms with E-state index in [0.29, 0.717) is 12.8 Å². The predicted molar refractivity (Wildman–Crippen MR) is 105 cm³/mol. The summed E-state index contributed by atoms with van der Waals surface area (Å²) in [6, 6.07) is 3.80. The normalized spacial score (nSPS) is 22.5. The van der Waals surface area contributed by atoms with Gasteiger partial charge in [0.1, 0.15) is 6.61 Å². The monoisotopic (exact) mass is 439 g/mol. The molecule has 2 aliphatic heterocycles. The van der Waals surface area contributed by atoms with Crippen molar-refractivity contribution >= 4 is 17.9 Å². The molecule has 3 amide bonds. The number of benzene rings is 1. The van der Waals surface area contributed by atoms with E-state index in [4.69, 9.17) is 4.74 Å². The highest BCUT2D eigenvalue weighted by Crippen LogP contribution is 2.36. The molecule has 0 radical (unpaired) electrons. The molecule has 2 bridgehead atoms. The molecule has 168 valence electrons. The van der Waals surface area contributed by atoms with Crippen LogP contribution in [0.4, 0.5) is 18.0 Å². The van der Waals surface area contributed by atoms with Crippen LogP contribution >= 0.6 is 0 Å². The fourth-order valence-electron chi connectivity index (χ4n) is 4.18. The smallest absolute Gasteiger partial charge is 0.416 e. The van der Waals surface area contributed by atoms with Crippen LogP contribution in [0.5, 0.6) is 0 Å². The lowest BCUT2D eigenvalue weighted by molar-refractivity contribution is -0.137. The zero-order chi connectivity index (χ0) is 22.6. The SMILES string of the molecule is C=CCOC(=O)N1[C@@H]2CC[C@H]1CC(NC(=O)CNC(=O)c1cccc(C(F)(F)F)c1)C2. The molecular formula is C21H24F3N3O4. The van der Waals surface area contributed by atoms with Crippen LogP contribution < -0.4 is 10.6 Å². The standard InChI is InChI=1S/C21H24F3N3O4/c1-2-8-31-20(30)27-16-6-7-17(27)11-15(10-16)26-18(28)12-25-19(29)13-4-3-5-14(9-13)21(22,23)24/h2-5,9,15-17H,1,6-8,10-12H2,(H,25,29)(H,26,28)/t15?,16-,17+. The van der Waals surface area contributed by atoms with Gasteiger partial charge in [-0.3, -0.25) is 9.59 Å². The zero-order valence-corrected chi connectivity index (χ0v) is 16.8. The van der Waals surface area contributed by atoms with E-state index in [1.165, 1.54) is 12.1 Å². The van der Waals surface area contributed by atoms with E-state index in [-0.39, 0.29) is 42.9 Å². The van der Waals surface area contributed by atoms with E-state index in [1.54, 1.807) is 4.90 Å². The lowest BCUT2D eigenvalue weighted by Crippen LogP contribution is -2.53. The molecule has 1 unspecified atom stereocenters. The Morgan fingerprint density at radius 2 is 1.87 bits per heavy atom. The van der Waals surface area contributed by atoms with Crippen LogP contribution in [-0.2, 0) is 15.7 Å². The summed E-state index contributed by atoms with van der Waals surface area (Å²) >= 11 is 0. The van der Waals surface area contributed by atoms with Gasteiger partial charge in [-0.05, 0) is 43.9 Å². The van der Waals surface area contributed by atoms with Crippen molar-refractivity contribution in [3.63, 3.8) is 0 Å². The average molecular weight is 439 g/mol. The van der Waals surface area contributed by atoms with Gasteiger partial charge in [-0.15, -0.1) is 0 Å². The van der Waals surface area contributed by atoms with Gasteiger partial charge < -0.3 is 20.3 Å². The molecule has 2 N–H and O–H groups in total. The molecule has 7 nitrogen and oxygen atoms in total. The molecule has 10 heteroatoms. The van der Waals surface area contributed by atoms with Crippen molar-refractivity contribution in [3.05, 3.63) is 48.0 Å². The summed E-state index contributed by atoms with van der Waals surface area (Å²) in [5.74, 6) is -1.20. The number of nitrogens with one attached hydrogen (secondary N) is 2. The molecule has 1 aromatic carbocycles. The first-order valence-corrected chi connectivity index (χ1v) is 10.00. The molecule has 3 atom stereocenters. The second-order valence-corrected chi connectivity index (χ2v) is 7.65. The summed E-state index contributed by atoms with van der Waals surface area (Å²) < 4.78 is 43.5. The van der Waals surface area contributed by atoms with Crippen LogP contribution in [0, 0.1) is 0 Å². The molecule has 0 saturated carbocycles. The van der Waals surface area contributed by atoms with E-state index < -0.39 is 23.6 Å². The van der Waals surface area contributed by atoms with Gasteiger partial charge in [0.05, 0.1) is 12.1 Å². The van der Waals surface area contributed by atoms with Gasteiger partial charge >= 0.3 is 12.3 Å². The Morgan fingerprint density at radius 3 is 2.48 bits per heavy atom. The number of halogens is 3. The Labute approximate surface area is 177 Å². The summed E-state index contributed by atoms with van der Waals surface area (Å²) in [5.41, 5.74) is -1.11. The number of carbonyl (C=O) groups excluding carboxylic acids is 3. The molecule has 0 aromatic heterocycles. The van der Waals surface area contributed by atoms with Crippen LogP contribution in [0.1, 0.15) is 41.6 Å². The van der Waals surface area contributed by atoms with E-state index in [1.807, 2.05) is 0 Å². The fraction of sp³-hybridized carbons (Fsp3) is 0.476. The van der Waals surface area contributed by atoms with Crippen molar-refractivity contribution in [3.8, 4) is 0 Å². The largest absolute Gasteiger partial charge is 0.445 e. The third-order valence-electron chi connectivity index (χ3n) is 5.50. The maximum Gasteiger partial charge on any atom is 0.416 e. The van der Waals surface area contributed by atoms with Crippen molar-refractivity contribution in [2.45, 2.75) is 50.0 Å². The second-order valence-electron chi connectivity index (χ2n) is 7.65. The maximum atomic E-state index is 12.8. The third kappa shape index (κ3) is 5.56. The highest BCUT2D eigenvalue weighted by atomic mass is 19.4. The Kier molecular flexibility index (Phi) is 6.87. The van der Waals surface area contributed by atoms with Crippen molar-refractivity contribution in [2.75, 3.05) is 13.2 Å². The number of hydrogen-bond acceptors (Lipinski definition) is 4. The topological polar surface area (TPSA) is 87.7 Å². The summed E-state index contributed by atoms with van der Waals surface area (Å²) in [6.45, 7) is 3.30. The highest BCUT2D eigenvalue weighted by molar-refractivity contribution is 5.96. The molecule has 2 fully saturated rings. The predicted octanol–water partition coefficient (Wildman–Crippen LogP) is 2.87. The summed E-state index contributed by atoms with van der Waals surface area (Å²) in [6.07, 6.45) is -0.634. The van der Waals surface area contributed by atoms with Gasteiger partial charge in [-0.1, -0.05) is 18.7 Å². The summed E-state index contributed by atoms with van der Waals surface area (Å²) in [7, 11) is 0. The van der Waals surface area contributed by atoms with Crippen LogP contribution in [0.3, 0.4) is 0 Å². The third-order valence-corrected chi connectivity index (χ3v) is 5.50. The van der Waals surface area contributed by atoms with E-state index in [2.05, 4.69) is 17.2 Å². The first kappa shape index (κ1) is 22.6. The zero-order valence-electron chi connectivity index (χ0n) is 16.8. The number of carbonyl (C=O) groups is 3. The first-order chi connectivity index (χ1) is 14.7. The van der Waals surface area contributed by atoms with Crippen LogP contribution in [0.15, 0.2) is 36.9 Å². The van der Waals surface area contributed by atoms with E-state index in [0.717, 1.165) is 31.0 Å². The summed E-state index contributed by atoms with van der Waals surface area (Å²) in [5, 5.41) is 5.18. The molecule has 0 aliphatic carbocycles. The molecule has 31 heavy (non-hydrogen) atoms. The van der Waals surface area contributed by atoms with Crippen LogP contribution in [0.25, 0.3) is 0 Å². The van der Waals surface area contributed by atoms with Crippen molar-refractivity contribution in [2.24, 2.45) is 0 Å². The number of hydrogen-bond donors (Lipinski definition) is 2. The van der Waals surface area contributed by atoms with Crippen LogP contribution in [0.2, 0.25) is 0 Å². The van der Waals surface area contributed by atoms with Gasteiger partial charge in [-0.25, -0.2) is 4.79 Å². The lowest BCUT2D eigenvalue weighted by Gasteiger charge is -2.38. The molecular weight excluding hydrogens is 415 g/mol. The lowest BCUT2D eigenvalue weighted by atomic mass is 9.97. The van der Waals surface area contributed by atoms with E-state index >= 15 is 0 Å². The minimum absolute atomic E-state index is 0.0268. The van der Waals surface area contributed by atoms with Gasteiger partial charge in [-0.2, -0.15) is 13.2 Å². The molecule has 1 aromatic rings. The van der Waals surface area contributed by atoms with Gasteiger partial charge in [0.15, 0.2) is 0 Å². The maximum absolute atomic E-state index is 12.8. The Morgan fingerprint density at radius 1 is 1.19 bits per heavy atom. The number of piperidine rings is 1. The number of ether oxygens (including phenoxy) is 1. The number of rotatable bonds is 6. The number of alkyl halides is 3. The van der Waals surface area contributed by atoms with Crippen molar-refractivity contribution in [1.29, 1.82) is 0 Å². The van der Waals surface area contributed by atoms with E-state index in [9.17, 15) is 27.6 Å². The second kappa shape index (κ2) is 9.40. The van der Waals surface area contributed by atoms with Gasteiger partial charge in [0, 0.05) is 23.7 Å². The first-order valence-electron chi connectivity index (χ1n) is 10.00. The van der Waals surface area contributed by atoms with Crippen molar-refractivity contribution in [1.82, 2.24) is 15.5 Å². The van der Waals surface area contributed by atoms with Crippen LogP contribution in [-0.4, -0.2) is 54.1 Å².